The molecule has 0 amide bonds. The van der Waals surface area contributed by atoms with Gasteiger partial charge in [-0.25, -0.2) is 0 Å². The number of fused-ring (bicyclic) bond motifs is 1. The molecule has 4 heteroatoms. The Labute approximate surface area is 104 Å². The third-order valence-corrected chi connectivity index (χ3v) is 5.79. The second-order valence-corrected chi connectivity index (χ2v) is 11.1. The van der Waals surface area contributed by atoms with Gasteiger partial charge in [0.1, 0.15) is 6.79 Å². The van der Waals surface area contributed by atoms with Gasteiger partial charge in [0.25, 0.3) is 0 Å². The van der Waals surface area contributed by atoms with Gasteiger partial charge in [-0.2, -0.15) is 0 Å². The lowest BCUT2D eigenvalue weighted by atomic mass is 10.1. The van der Waals surface area contributed by atoms with Crippen molar-refractivity contribution in [2.24, 2.45) is 5.92 Å². The zero-order valence-corrected chi connectivity index (χ0v) is 12.2. The van der Waals surface area contributed by atoms with Gasteiger partial charge in [-0.15, -0.1) is 0 Å². The average Bonchev–Trinajstić information content (AvgIpc) is 2.68. The lowest BCUT2D eigenvalue weighted by Gasteiger charge is -2.19. The van der Waals surface area contributed by atoms with Crippen LogP contribution in [0.25, 0.3) is 0 Å². The summed E-state index contributed by atoms with van der Waals surface area (Å²) in [6.45, 7) is 7.15. The maximum atomic E-state index is 12.1. The SMILES string of the molecule is COCO[C@H]1CC2=C([Si](C)(C)C)C(=O)C[C@H]2C1. The lowest BCUT2D eigenvalue weighted by Crippen LogP contribution is -2.28. The molecule has 2 rings (SSSR count). The van der Waals surface area contributed by atoms with E-state index in [1.807, 2.05) is 0 Å². The maximum Gasteiger partial charge on any atom is 0.155 e. The van der Waals surface area contributed by atoms with Crippen LogP contribution in [0.2, 0.25) is 19.6 Å². The molecule has 3 nitrogen and oxygen atoms in total. The molecule has 0 radical (unpaired) electrons. The maximum absolute atomic E-state index is 12.1. The van der Waals surface area contributed by atoms with E-state index >= 15 is 0 Å². The summed E-state index contributed by atoms with van der Waals surface area (Å²) in [7, 11) is 0.154. The molecular weight excluding hydrogens is 232 g/mol. The molecule has 2 atom stereocenters. The second-order valence-electron chi connectivity index (χ2n) is 6.11. The molecule has 0 heterocycles. The van der Waals surface area contributed by atoms with Crippen LogP contribution in [0.4, 0.5) is 0 Å². The van der Waals surface area contributed by atoms with Crippen LogP contribution in [-0.2, 0) is 14.3 Å². The third-order valence-electron chi connectivity index (χ3n) is 3.69. The minimum atomic E-state index is -1.49. The first-order valence-corrected chi connectivity index (χ1v) is 9.80. The molecule has 1 fully saturated rings. The molecule has 0 aromatic carbocycles. The molecule has 0 spiro atoms. The van der Waals surface area contributed by atoms with Crippen LogP contribution in [0.1, 0.15) is 19.3 Å². The summed E-state index contributed by atoms with van der Waals surface area (Å²) >= 11 is 0. The fourth-order valence-corrected chi connectivity index (χ4v) is 5.37. The van der Waals surface area contributed by atoms with Gasteiger partial charge in [0.05, 0.1) is 14.2 Å². The van der Waals surface area contributed by atoms with Crippen LogP contribution in [0.3, 0.4) is 0 Å². The normalized spacial score (nSPS) is 29.1. The molecule has 2 aliphatic rings. The number of hydrogen-bond donors (Lipinski definition) is 0. The molecule has 0 aliphatic heterocycles. The molecule has 2 aliphatic carbocycles. The zero-order chi connectivity index (χ0) is 12.6. The fraction of sp³-hybridized carbons (Fsp3) is 0.769. The molecule has 0 N–H and O–H groups in total. The summed E-state index contributed by atoms with van der Waals surface area (Å²) in [5.41, 5.74) is 1.41. The van der Waals surface area contributed by atoms with Gasteiger partial charge in [0.15, 0.2) is 5.78 Å². The standard InChI is InChI=1S/C13H22O3Si/c1-15-8-16-10-5-9-6-12(14)13(11(9)7-10)17(2,3)4/h9-10H,5-8H2,1-4H3/t9-,10-/m1/s1. The highest BCUT2D eigenvalue weighted by atomic mass is 28.3. The van der Waals surface area contributed by atoms with Crippen molar-refractivity contribution in [2.45, 2.75) is 45.0 Å². The Morgan fingerprint density at radius 3 is 2.59 bits per heavy atom. The highest BCUT2D eigenvalue weighted by Crippen LogP contribution is 2.45. The summed E-state index contributed by atoms with van der Waals surface area (Å²) in [5, 5.41) is 1.20. The van der Waals surface area contributed by atoms with E-state index in [-0.39, 0.29) is 6.10 Å². The van der Waals surface area contributed by atoms with Crippen LogP contribution in [0.15, 0.2) is 10.8 Å². The van der Waals surface area contributed by atoms with E-state index in [1.54, 1.807) is 7.11 Å². The molecule has 0 saturated heterocycles. The minimum absolute atomic E-state index is 0.259. The molecule has 96 valence electrons. The molecule has 0 bridgehead atoms. The van der Waals surface area contributed by atoms with Gasteiger partial charge in [0.2, 0.25) is 0 Å². The highest BCUT2D eigenvalue weighted by Gasteiger charge is 2.43. The number of hydrogen-bond acceptors (Lipinski definition) is 3. The highest BCUT2D eigenvalue weighted by molar-refractivity contribution is 6.87. The monoisotopic (exact) mass is 254 g/mol. The van der Waals surface area contributed by atoms with E-state index < -0.39 is 8.07 Å². The van der Waals surface area contributed by atoms with Crippen molar-refractivity contribution in [1.29, 1.82) is 0 Å². The Bertz CT molecular complexity index is 354. The van der Waals surface area contributed by atoms with Crippen LogP contribution in [0.5, 0.6) is 0 Å². The molecule has 0 aromatic heterocycles. The topological polar surface area (TPSA) is 35.5 Å². The van der Waals surface area contributed by atoms with Crippen LogP contribution >= 0.6 is 0 Å². The van der Waals surface area contributed by atoms with Crippen molar-refractivity contribution < 1.29 is 14.3 Å². The summed E-state index contributed by atoms with van der Waals surface area (Å²) in [6, 6.07) is 0. The smallest absolute Gasteiger partial charge is 0.155 e. The summed E-state index contributed by atoms with van der Waals surface area (Å²) < 4.78 is 10.6. The first kappa shape index (κ1) is 13.0. The van der Waals surface area contributed by atoms with Gasteiger partial charge < -0.3 is 9.47 Å². The van der Waals surface area contributed by atoms with E-state index in [4.69, 9.17) is 9.47 Å². The van der Waals surface area contributed by atoms with Gasteiger partial charge in [0, 0.05) is 13.5 Å². The Kier molecular flexibility index (Phi) is 3.57. The summed E-state index contributed by atoms with van der Waals surface area (Å²) in [6.07, 6.45) is 2.92. The van der Waals surface area contributed by atoms with Crippen molar-refractivity contribution in [3.05, 3.63) is 10.8 Å². The first-order valence-electron chi connectivity index (χ1n) is 6.30. The van der Waals surface area contributed by atoms with Crippen molar-refractivity contribution in [1.82, 2.24) is 0 Å². The Balaban J connectivity index is 2.15. The van der Waals surface area contributed by atoms with Crippen LogP contribution in [0, 0.1) is 5.92 Å². The number of carbonyl (C=O) groups is 1. The number of carbonyl (C=O) groups excluding carboxylic acids is 1. The van der Waals surface area contributed by atoms with E-state index in [0.29, 0.717) is 18.5 Å². The first-order chi connectivity index (χ1) is 7.93. The quantitative estimate of drug-likeness (QED) is 0.571. The number of ether oxygens (including phenoxy) is 2. The number of ketones is 1. The van der Waals surface area contributed by atoms with Gasteiger partial charge in [-0.3, -0.25) is 4.79 Å². The number of allylic oxidation sites excluding steroid dienone is 1. The van der Waals surface area contributed by atoms with Crippen molar-refractivity contribution in [3.63, 3.8) is 0 Å². The average molecular weight is 254 g/mol. The van der Waals surface area contributed by atoms with Gasteiger partial charge in [-0.1, -0.05) is 25.2 Å². The number of methoxy groups -OCH3 is 1. The summed E-state index contributed by atoms with van der Waals surface area (Å²) in [4.78, 5) is 12.1. The Hall–Kier alpha value is -0.453. The number of rotatable bonds is 4. The zero-order valence-electron chi connectivity index (χ0n) is 11.2. The Morgan fingerprint density at radius 1 is 1.29 bits per heavy atom. The second kappa shape index (κ2) is 4.67. The molecular formula is C13H22O3Si. The third kappa shape index (κ3) is 2.54. The van der Waals surface area contributed by atoms with E-state index in [9.17, 15) is 4.79 Å². The fourth-order valence-electron chi connectivity index (χ4n) is 3.16. The van der Waals surface area contributed by atoms with E-state index in [2.05, 4.69) is 19.6 Å². The minimum Gasteiger partial charge on any atom is -0.359 e. The summed E-state index contributed by atoms with van der Waals surface area (Å²) in [5.74, 6) is 0.875. The van der Waals surface area contributed by atoms with Crippen molar-refractivity contribution in [3.8, 4) is 0 Å². The molecule has 1 saturated carbocycles. The van der Waals surface area contributed by atoms with Gasteiger partial charge in [-0.05, 0) is 24.0 Å². The van der Waals surface area contributed by atoms with E-state index in [0.717, 1.165) is 19.3 Å². The molecule has 0 aromatic rings. The Morgan fingerprint density at radius 2 is 2.00 bits per heavy atom. The number of Topliss-reactive ketones (excluding diaryl/α,β-unsaturated/α-hetero) is 1. The van der Waals surface area contributed by atoms with Crippen molar-refractivity contribution in [2.75, 3.05) is 13.9 Å². The van der Waals surface area contributed by atoms with E-state index in [1.165, 1.54) is 10.8 Å². The predicted octanol–water partition coefficient (Wildman–Crippen LogP) is 2.53. The van der Waals surface area contributed by atoms with Crippen LogP contribution < -0.4 is 0 Å². The lowest BCUT2D eigenvalue weighted by molar-refractivity contribution is -0.115. The molecule has 17 heavy (non-hydrogen) atoms. The molecule has 0 unspecified atom stereocenters. The largest absolute Gasteiger partial charge is 0.359 e. The van der Waals surface area contributed by atoms with Crippen molar-refractivity contribution >= 4 is 13.9 Å². The van der Waals surface area contributed by atoms with Gasteiger partial charge >= 0.3 is 0 Å². The predicted molar refractivity (Wildman–Crippen MR) is 69.5 cm³/mol. The van der Waals surface area contributed by atoms with Crippen LogP contribution in [-0.4, -0.2) is 33.9 Å².